The lowest BCUT2D eigenvalue weighted by molar-refractivity contribution is 0.0951. The summed E-state index contributed by atoms with van der Waals surface area (Å²) < 4.78 is 5.10. The summed E-state index contributed by atoms with van der Waals surface area (Å²) in [5.74, 6) is 0.281. The molecule has 2 heterocycles. The third-order valence-electron chi connectivity index (χ3n) is 3.13. The number of aryl methyl sites for hydroxylation is 1. The van der Waals surface area contributed by atoms with E-state index in [1.165, 1.54) is 6.39 Å². The summed E-state index contributed by atoms with van der Waals surface area (Å²) in [5.41, 5.74) is 3.25. The van der Waals surface area contributed by atoms with Crippen LogP contribution in [0, 0.1) is 6.92 Å². The van der Waals surface area contributed by atoms with Gasteiger partial charge in [-0.2, -0.15) is 5.10 Å². The molecule has 0 bridgehead atoms. The molecule has 0 saturated heterocycles. The van der Waals surface area contributed by atoms with Gasteiger partial charge < -0.3 is 9.73 Å². The second kappa shape index (κ2) is 5.58. The summed E-state index contributed by atoms with van der Waals surface area (Å²) in [6, 6.07) is 6.98. The highest BCUT2D eigenvalue weighted by Gasteiger charge is 2.09. The third kappa shape index (κ3) is 2.81. The fourth-order valence-corrected chi connectivity index (χ4v) is 1.89. The van der Waals surface area contributed by atoms with Crippen molar-refractivity contribution in [2.45, 2.75) is 13.5 Å². The van der Waals surface area contributed by atoms with Crippen molar-refractivity contribution in [3.8, 4) is 11.5 Å². The summed E-state index contributed by atoms with van der Waals surface area (Å²) in [7, 11) is 0. The fourth-order valence-electron chi connectivity index (χ4n) is 1.89. The molecule has 106 valence electrons. The summed E-state index contributed by atoms with van der Waals surface area (Å²) >= 11 is 0. The van der Waals surface area contributed by atoms with Crippen LogP contribution in [-0.4, -0.2) is 26.3 Å². The quantitative estimate of drug-likeness (QED) is 0.759. The molecule has 7 heteroatoms. The Kier molecular flexibility index (Phi) is 3.46. The molecule has 1 amide bonds. The van der Waals surface area contributed by atoms with Crippen molar-refractivity contribution < 1.29 is 9.21 Å². The molecule has 21 heavy (non-hydrogen) atoms. The van der Waals surface area contributed by atoms with E-state index < -0.39 is 0 Å². The van der Waals surface area contributed by atoms with Gasteiger partial charge in [0.05, 0.1) is 6.20 Å². The van der Waals surface area contributed by atoms with Gasteiger partial charge in [-0.1, -0.05) is 0 Å². The van der Waals surface area contributed by atoms with Gasteiger partial charge in [-0.15, -0.1) is 10.2 Å². The fraction of sp³-hybridized carbons (Fsp3) is 0.143. The monoisotopic (exact) mass is 283 g/mol. The molecule has 3 aromatic rings. The van der Waals surface area contributed by atoms with Crippen molar-refractivity contribution in [3.05, 3.63) is 53.7 Å². The minimum atomic E-state index is -0.146. The number of rotatable bonds is 4. The molecule has 0 saturated carbocycles. The van der Waals surface area contributed by atoms with Crippen molar-refractivity contribution in [2.24, 2.45) is 0 Å². The summed E-state index contributed by atoms with van der Waals surface area (Å²) in [6.45, 7) is 2.35. The van der Waals surface area contributed by atoms with Crippen molar-refractivity contribution in [1.29, 1.82) is 0 Å². The molecule has 7 nitrogen and oxygen atoms in total. The zero-order chi connectivity index (χ0) is 14.7. The zero-order valence-corrected chi connectivity index (χ0v) is 11.3. The average molecular weight is 283 g/mol. The van der Waals surface area contributed by atoms with E-state index in [9.17, 15) is 4.79 Å². The van der Waals surface area contributed by atoms with Crippen molar-refractivity contribution in [2.75, 3.05) is 0 Å². The van der Waals surface area contributed by atoms with Gasteiger partial charge in [0.25, 0.3) is 5.91 Å². The highest BCUT2D eigenvalue weighted by atomic mass is 16.4. The first kappa shape index (κ1) is 13.0. The molecular weight excluding hydrogens is 270 g/mol. The van der Waals surface area contributed by atoms with E-state index in [0.717, 1.165) is 16.8 Å². The smallest absolute Gasteiger partial charge is 0.251 e. The number of carbonyl (C=O) groups is 1. The molecule has 0 fully saturated rings. The maximum absolute atomic E-state index is 12.1. The molecule has 0 aliphatic rings. The predicted octanol–water partition coefficient (Wildman–Crippen LogP) is 1.70. The van der Waals surface area contributed by atoms with Crippen LogP contribution in [0.15, 0.2) is 41.3 Å². The number of aromatic amines is 1. The number of nitrogens with zero attached hydrogens (tertiary/aromatic N) is 3. The van der Waals surface area contributed by atoms with Gasteiger partial charge in [0, 0.05) is 28.9 Å². The van der Waals surface area contributed by atoms with Crippen LogP contribution in [0.2, 0.25) is 0 Å². The Hall–Kier alpha value is -2.96. The Morgan fingerprint density at radius 1 is 1.33 bits per heavy atom. The Labute approximate surface area is 120 Å². The Morgan fingerprint density at radius 3 is 2.76 bits per heavy atom. The molecule has 0 atom stereocenters. The van der Waals surface area contributed by atoms with Crippen LogP contribution in [0.25, 0.3) is 11.5 Å². The molecule has 3 rings (SSSR count). The number of hydrogen-bond acceptors (Lipinski definition) is 5. The summed E-state index contributed by atoms with van der Waals surface area (Å²) in [4.78, 5) is 12.1. The van der Waals surface area contributed by atoms with E-state index in [1.807, 2.05) is 6.92 Å². The average Bonchev–Trinajstić information content (AvgIpc) is 3.17. The normalized spacial score (nSPS) is 10.5. The third-order valence-corrected chi connectivity index (χ3v) is 3.13. The maximum Gasteiger partial charge on any atom is 0.251 e. The first-order valence-electron chi connectivity index (χ1n) is 6.37. The second-order valence-corrected chi connectivity index (χ2v) is 4.52. The van der Waals surface area contributed by atoms with Crippen molar-refractivity contribution in [1.82, 2.24) is 25.7 Å². The van der Waals surface area contributed by atoms with E-state index >= 15 is 0 Å². The molecule has 2 N–H and O–H groups in total. The number of benzene rings is 1. The first-order chi connectivity index (χ1) is 10.2. The van der Waals surface area contributed by atoms with Gasteiger partial charge >= 0.3 is 0 Å². The number of aromatic nitrogens is 4. The lowest BCUT2D eigenvalue weighted by Gasteiger charge is -2.05. The van der Waals surface area contributed by atoms with E-state index in [-0.39, 0.29) is 5.91 Å². The van der Waals surface area contributed by atoms with Gasteiger partial charge in [0.15, 0.2) is 0 Å². The SMILES string of the molecule is Cc1[nH]ncc1CNC(=O)c1ccc(-c2nnco2)cc1. The number of nitrogens with one attached hydrogen (secondary N) is 2. The second-order valence-electron chi connectivity index (χ2n) is 4.52. The van der Waals surface area contributed by atoms with Crippen LogP contribution in [0.5, 0.6) is 0 Å². The van der Waals surface area contributed by atoms with Crippen LogP contribution in [-0.2, 0) is 6.54 Å². The number of carbonyl (C=O) groups excluding carboxylic acids is 1. The van der Waals surface area contributed by atoms with Crippen molar-refractivity contribution >= 4 is 5.91 Å². The lowest BCUT2D eigenvalue weighted by atomic mass is 10.1. The van der Waals surface area contributed by atoms with E-state index in [2.05, 4.69) is 25.7 Å². The van der Waals surface area contributed by atoms with Crippen LogP contribution >= 0.6 is 0 Å². The molecule has 0 aliphatic heterocycles. The molecule has 0 radical (unpaired) electrons. The molecular formula is C14H13N5O2. The maximum atomic E-state index is 12.1. The first-order valence-corrected chi connectivity index (χ1v) is 6.37. The molecule has 0 aliphatic carbocycles. The largest absolute Gasteiger partial charge is 0.423 e. The van der Waals surface area contributed by atoms with Gasteiger partial charge in [0.2, 0.25) is 12.3 Å². The molecule has 1 aromatic carbocycles. The highest BCUT2D eigenvalue weighted by Crippen LogP contribution is 2.16. The van der Waals surface area contributed by atoms with E-state index in [0.29, 0.717) is 18.0 Å². The van der Waals surface area contributed by atoms with Crippen LogP contribution < -0.4 is 5.32 Å². The minimum absolute atomic E-state index is 0.146. The number of H-pyrrole nitrogens is 1. The van der Waals surface area contributed by atoms with Gasteiger partial charge in [-0.3, -0.25) is 9.89 Å². The molecule has 0 spiro atoms. The van der Waals surface area contributed by atoms with E-state index in [4.69, 9.17) is 4.42 Å². The predicted molar refractivity (Wildman–Crippen MR) is 74.2 cm³/mol. The number of hydrogen-bond donors (Lipinski definition) is 2. The zero-order valence-electron chi connectivity index (χ0n) is 11.3. The molecule has 2 aromatic heterocycles. The topological polar surface area (TPSA) is 96.7 Å². The van der Waals surface area contributed by atoms with Gasteiger partial charge in [-0.05, 0) is 31.2 Å². The summed E-state index contributed by atoms with van der Waals surface area (Å²) in [5, 5.41) is 17.0. The van der Waals surface area contributed by atoms with Crippen molar-refractivity contribution in [3.63, 3.8) is 0 Å². The van der Waals surface area contributed by atoms with Crippen LogP contribution in [0.4, 0.5) is 0 Å². The van der Waals surface area contributed by atoms with Crippen LogP contribution in [0.3, 0.4) is 0 Å². The number of amides is 1. The van der Waals surface area contributed by atoms with Gasteiger partial charge in [-0.25, -0.2) is 0 Å². The summed E-state index contributed by atoms with van der Waals surface area (Å²) in [6.07, 6.45) is 2.97. The lowest BCUT2D eigenvalue weighted by Crippen LogP contribution is -2.22. The molecule has 0 unspecified atom stereocenters. The van der Waals surface area contributed by atoms with Gasteiger partial charge in [0.1, 0.15) is 0 Å². The van der Waals surface area contributed by atoms with E-state index in [1.54, 1.807) is 30.5 Å². The highest BCUT2D eigenvalue weighted by molar-refractivity contribution is 5.94. The Morgan fingerprint density at radius 2 is 2.14 bits per heavy atom. The Balaban J connectivity index is 1.66. The standard InChI is InChI=1S/C14H13N5O2/c1-9-12(7-16-18-9)6-15-13(20)10-2-4-11(5-3-10)14-19-17-8-21-14/h2-5,7-8H,6H2,1H3,(H,15,20)(H,16,18). The Bertz CT molecular complexity index is 731. The van der Waals surface area contributed by atoms with Crippen LogP contribution in [0.1, 0.15) is 21.6 Å². The minimum Gasteiger partial charge on any atom is -0.423 e.